The third-order valence-electron chi connectivity index (χ3n) is 5.23. The van der Waals surface area contributed by atoms with Gasteiger partial charge in [-0.25, -0.2) is 9.78 Å². The molecule has 0 atom stereocenters. The highest BCUT2D eigenvalue weighted by Gasteiger charge is 2.21. The number of carboxylic acids is 1. The predicted octanol–water partition coefficient (Wildman–Crippen LogP) is 3.81. The molecule has 0 aliphatic rings. The second kappa shape index (κ2) is 7.94. The van der Waals surface area contributed by atoms with E-state index in [0.717, 1.165) is 35.7 Å². The summed E-state index contributed by atoms with van der Waals surface area (Å²) in [5, 5.41) is 9.54. The van der Waals surface area contributed by atoms with Gasteiger partial charge in [-0.15, -0.1) is 11.3 Å². The summed E-state index contributed by atoms with van der Waals surface area (Å²) in [4.78, 5) is 41.8. The fraction of sp³-hybridized carbons (Fsp3) is 0.429. The van der Waals surface area contributed by atoms with Crippen LogP contribution >= 0.6 is 11.3 Å². The number of fused-ring (bicyclic) bond motifs is 1. The van der Waals surface area contributed by atoms with Crippen LogP contribution in [0.25, 0.3) is 10.2 Å². The number of hydrogen-bond donors (Lipinski definition) is 1. The molecule has 154 valence electrons. The molecule has 3 rings (SSSR count). The van der Waals surface area contributed by atoms with Crippen molar-refractivity contribution in [3.8, 4) is 0 Å². The van der Waals surface area contributed by atoms with Crippen molar-refractivity contribution in [1.82, 2.24) is 14.1 Å². The van der Waals surface area contributed by atoms with Gasteiger partial charge in [0.1, 0.15) is 9.71 Å². The number of aromatic carboxylic acids is 1. The highest BCUT2D eigenvalue weighted by molar-refractivity contribution is 7.20. The maximum absolute atomic E-state index is 12.9. The quantitative estimate of drug-likeness (QED) is 0.592. The average molecular weight is 416 g/mol. The summed E-state index contributed by atoms with van der Waals surface area (Å²) >= 11 is 0.973. The third kappa shape index (κ3) is 3.89. The van der Waals surface area contributed by atoms with Crippen LogP contribution in [0.5, 0.6) is 0 Å². The van der Waals surface area contributed by atoms with Gasteiger partial charge in [0.2, 0.25) is 0 Å². The van der Waals surface area contributed by atoms with Gasteiger partial charge >= 0.3 is 5.97 Å². The molecule has 3 heterocycles. The van der Waals surface area contributed by atoms with E-state index in [1.807, 2.05) is 19.9 Å². The molecule has 29 heavy (non-hydrogen) atoms. The van der Waals surface area contributed by atoms with Crippen molar-refractivity contribution in [2.24, 2.45) is 5.92 Å². The van der Waals surface area contributed by atoms with Gasteiger partial charge in [-0.3, -0.25) is 14.2 Å². The summed E-state index contributed by atoms with van der Waals surface area (Å²) in [6.07, 6.45) is 2.34. The predicted molar refractivity (Wildman–Crippen MR) is 113 cm³/mol. The van der Waals surface area contributed by atoms with E-state index in [9.17, 15) is 19.5 Å². The molecule has 0 spiro atoms. The minimum atomic E-state index is -1.08. The van der Waals surface area contributed by atoms with Gasteiger partial charge in [0.15, 0.2) is 5.78 Å². The van der Waals surface area contributed by atoms with E-state index in [1.54, 1.807) is 6.92 Å². The molecule has 0 aromatic carbocycles. The molecule has 0 aliphatic heterocycles. The maximum atomic E-state index is 12.9. The summed E-state index contributed by atoms with van der Waals surface area (Å²) in [5.41, 5.74) is 2.52. The molecule has 7 nitrogen and oxygen atoms in total. The van der Waals surface area contributed by atoms with Crippen LogP contribution in [0.3, 0.4) is 0 Å². The van der Waals surface area contributed by atoms with Gasteiger partial charge in [0, 0.05) is 23.5 Å². The monoisotopic (exact) mass is 415 g/mol. The zero-order valence-corrected chi connectivity index (χ0v) is 18.1. The van der Waals surface area contributed by atoms with Crippen molar-refractivity contribution >= 4 is 33.3 Å². The second-order valence-electron chi connectivity index (χ2n) is 7.76. The van der Waals surface area contributed by atoms with Gasteiger partial charge in [0.05, 0.1) is 18.3 Å². The van der Waals surface area contributed by atoms with Crippen molar-refractivity contribution in [2.75, 3.05) is 0 Å². The molecule has 0 unspecified atom stereocenters. The van der Waals surface area contributed by atoms with Gasteiger partial charge < -0.3 is 9.67 Å². The van der Waals surface area contributed by atoms with Crippen LogP contribution < -0.4 is 5.56 Å². The van der Waals surface area contributed by atoms with E-state index in [4.69, 9.17) is 0 Å². The molecular weight excluding hydrogens is 390 g/mol. The molecule has 0 aliphatic carbocycles. The minimum Gasteiger partial charge on any atom is -0.477 e. The Morgan fingerprint density at radius 3 is 2.55 bits per heavy atom. The first-order valence-corrected chi connectivity index (χ1v) is 10.3. The average Bonchev–Trinajstić information content (AvgIpc) is 3.13. The smallest absolute Gasteiger partial charge is 0.346 e. The van der Waals surface area contributed by atoms with E-state index in [2.05, 4.69) is 23.4 Å². The van der Waals surface area contributed by atoms with Crippen LogP contribution in [-0.2, 0) is 13.1 Å². The topological polar surface area (TPSA) is 94.2 Å². The Balaban J connectivity index is 1.94. The lowest BCUT2D eigenvalue weighted by molar-refractivity contribution is 0.0701. The largest absolute Gasteiger partial charge is 0.477 e. The van der Waals surface area contributed by atoms with Crippen LogP contribution in [0.2, 0.25) is 0 Å². The number of thiophene rings is 1. The fourth-order valence-electron chi connectivity index (χ4n) is 3.53. The molecule has 0 radical (unpaired) electrons. The lowest BCUT2D eigenvalue weighted by Gasteiger charge is -2.11. The number of aryl methyl sites for hydroxylation is 2. The van der Waals surface area contributed by atoms with Crippen LogP contribution in [0.4, 0.5) is 0 Å². The number of aromatic nitrogens is 3. The molecule has 0 bridgehead atoms. The zero-order chi connectivity index (χ0) is 21.5. The van der Waals surface area contributed by atoms with E-state index in [-0.39, 0.29) is 22.6 Å². The Bertz CT molecular complexity index is 1170. The molecule has 0 saturated carbocycles. The molecule has 0 fully saturated rings. The first-order chi connectivity index (χ1) is 13.6. The van der Waals surface area contributed by atoms with E-state index < -0.39 is 11.5 Å². The van der Waals surface area contributed by atoms with Crippen LogP contribution in [0.1, 0.15) is 57.2 Å². The summed E-state index contributed by atoms with van der Waals surface area (Å²) in [5.74, 6) is -0.680. The van der Waals surface area contributed by atoms with E-state index in [0.29, 0.717) is 21.9 Å². The number of carbonyl (C=O) groups excluding carboxylic acids is 1. The first-order valence-electron chi connectivity index (χ1n) is 9.53. The third-order valence-corrected chi connectivity index (χ3v) is 6.42. The fourth-order valence-corrected chi connectivity index (χ4v) is 4.51. The second-order valence-corrected chi connectivity index (χ2v) is 8.76. The number of carboxylic acid groups (broad SMARTS) is 1. The highest BCUT2D eigenvalue weighted by atomic mass is 32.1. The van der Waals surface area contributed by atoms with Crippen LogP contribution in [0.15, 0.2) is 17.2 Å². The van der Waals surface area contributed by atoms with Crippen molar-refractivity contribution in [3.63, 3.8) is 0 Å². The Morgan fingerprint density at radius 2 is 1.93 bits per heavy atom. The number of carbonyl (C=O) groups is 2. The van der Waals surface area contributed by atoms with Gasteiger partial charge in [0.25, 0.3) is 5.56 Å². The summed E-state index contributed by atoms with van der Waals surface area (Å²) in [6, 6.07) is 1.87. The van der Waals surface area contributed by atoms with Gasteiger partial charge in [-0.2, -0.15) is 0 Å². The normalized spacial score (nSPS) is 11.5. The number of nitrogens with zero attached hydrogens (tertiary/aromatic N) is 3. The Kier molecular flexibility index (Phi) is 5.75. The number of hydrogen-bond acceptors (Lipinski definition) is 5. The lowest BCUT2D eigenvalue weighted by Crippen LogP contribution is -2.25. The van der Waals surface area contributed by atoms with Gasteiger partial charge in [-0.1, -0.05) is 13.8 Å². The summed E-state index contributed by atoms with van der Waals surface area (Å²) < 4.78 is 3.40. The van der Waals surface area contributed by atoms with Crippen molar-refractivity contribution < 1.29 is 14.7 Å². The first kappa shape index (κ1) is 21.0. The maximum Gasteiger partial charge on any atom is 0.346 e. The SMILES string of the molecule is Cc1c(C(=O)O)sc2ncn(CC(=O)c3cc(C)n(CCC(C)C)c3C)c(=O)c12. The highest BCUT2D eigenvalue weighted by Crippen LogP contribution is 2.26. The molecule has 3 aromatic rings. The van der Waals surface area contributed by atoms with Crippen LogP contribution in [0, 0.1) is 26.7 Å². The summed E-state index contributed by atoms with van der Waals surface area (Å²) in [6.45, 7) is 10.5. The standard InChI is InChI=1S/C21H25N3O4S/c1-11(2)6-7-24-12(3)8-15(14(24)5)16(25)9-23-10-22-19-17(20(23)26)13(4)18(29-19)21(27)28/h8,10-11H,6-7,9H2,1-5H3,(H,27,28). The zero-order valence-electron chi connectivity index (χ0n) is 17.3. The van der Waals surface area contributed by atoms with Crippen LogP contribution in [-0.4, -0.2) is 31.0 Å². The molecular formula is C21H25N3O4S. The van der Waals surface area contributed by atoms with E-state index in [1.165, 1.54) is 10.9 Å². The molecule has 8 heteroatoms. The number of Topliss-reactive ketones (excluding diaryl/α,β-unsaturated/α-hetero) is 1. The van der Waals surface area contributed by atoms with Crippen molar-refractivity contribution in [2.45, 2.75) is 54.1 Å². The molecule has 0 amide bonds. The Hall–Kier alpha value is -2.74. The Morgan fingerprint density at radius 1 is 1.24 bits per heavy atom. The molecule has 1 N–H and O–H groups in total. The van der Waals surface area contributed by atoms with Crippen molar-refractivity contribution in [3.05, 3.63) is 50.1 Å². The number of rotatable bonds is 7. The minimum absolute atomic E-state index is 0.0994. The molecule has 0 saturated heterocycles. The lowest BCUT2D eigenvalue weighted by atomic mass is 10.1. The van der Waals surface area contributed by atoms with E-state index >= 15 is 0 Å². The molecule has 3 aromatic heterocycles. The van der Waals surface area contributed by atoms with Crippen molar-refractivity contribution in [1.29, 1.82) is 0 Å². The number of ketones is 1. The Labute approximate surface area is 172 Å². The summed E-state index contributed by atoms with van der Waals surface area (Å²) in [7, 11) is 0. The van der Waals surface area contributed by atoms with Gasteiger partial charge in [-0.05, 0) is 44.7 Å².